The number of rotatable bonds is 6. The van der Waals surface area contributed by atoms with E-state index in [0.29, 0.717) is 12.1 Å². The lowest BCUT2D eigenvalue weighted by Crippen LogP contribution is -2.34. The lowest BCUT2D eigenvalue weighted by Gasteiger charge is -2.14. The largest absolute Gasteiger partial charge is 0.349 e. The second-order valence-electron chi connectivity index (χ2n) is 4.11. The van der Waals surface area contributed by atoms with Crippen LogP contribution in [0.5, 0.6) is 0 Å². The Morgan fingerprint density at radius 2 is 2.17 bits per heavy atom. The number of hydrogen-bond donors (Lipinski definition) is 1. The molecular weight excluding hydrogens is 230 g/mol. The third-order valence-corrected chi connectivity index (χ3v) is 2.72. The Balaban J connectivity index is 2.64. The molecule has 0 spiro atoms. The van der Waals surface area contributed by atoms with E-state index in [-0.39, 0.29) is 17.4 Å². The highest BCUT2D eigenvalue weighted by Gasteiger charge is 2.14. The van der Waals surface area contributed by atoms with Crippen LogP contribution in [-0.4, -0.2) is 48.3 Å². The topological polar surface area (TPSA) is 62.3 Å². The van der Waals surface area contributed by atoms with Crippen molar-refractivity contribution in [3.8, 4) is 0 Å². The van der Waals surface area contributed by atoms with E-state index in [2.05, 4.69) is 22.1 Å². The van der Waals surface area contributed by atoms with Gasteiger partial charge in [-0.25, -0.2) is 0 Å². The van der Waals surface area contributed by atoms with Gasteiger partial charge < -0.3 is 10.2 Å². The zero-order valence-corrected chi connectivity index (χ0v) is 11.1. The Bertz CT molecular complexity index is 432. The monoisotopic (exact) mass is 249 g/mol. The number of nitrogens with one attached hydrogen (secondary N) is 1. The van der Waals surface area contributed by atoms with Crippen LogP contribution in [0.2, 0.25) is 0 Å². The summed E-state index contributed by atoms with van der Waals surface area (Å²) in [4.78, 5) is 29.3. The summed E-state index contributed by atoms with van der Waals surface area (Å²) in [5.41, 5.74) is 0.558. The maximum atomic E-state index is 11.9. The van der Waals surface area contributed by atoms with Gasteiger partial charge in [0.15, 0.2) is 5.78 Å². The predicted octanol–water partition coefficient (Wildman–Crippen LogP) is 0.966. The van der Waals surface area contributed by atoms with Crippen LogP contribution < -0.4 is 5.32 Å². The van der Waals surface area contributed by atoms with Gasteiger partial charge in [0.05, 0.1) is 0 Å². The molecule has 0 bridgehead atoms. The van der Waals surface area contributed by atoms with Crippen LogP contribution in [0, 0.1) is 0 Å². The van der Waals surface area contributed by atoms with Crippen molar-refractivity contribution in [1.82, 2.24) is 15.2 Å². The Morgan fingerprint density at radius 3 is 2.78 bits per heavy atom. The summed E-state index contributed by atoms with van der Waals surface area (Å²) in [6.45, 7) is 5.72. The molecule has 1 heterocycles. The molecule has 0 radical (unpaired) electrons. The molecule has 98 valence electrons. The number of pyridine rings is 1. The average Bonchev–Trinajstić information content (AvgIpc) is 2.38. The standard InChI is InChI=1S/C13H19N3O2/c1-4-16(3)9-8-15-13(18)12-11(10(2)17)6-5-7-14-12/h5-7H,4,8-9H2,1-3H3,(H,15,18). The van der Waals surface area contributed by atoms with Crippen LogP contribution in [0.1, 0.15) is 34.7 Å². The van der Waals surface area contributed by atoms with Crippen molar-refractivity contribution in [3.05, 3.63) is 29.6 Å². The number of aromatic nitrogens is 1. The van der Waals surface area contributed by atoms with E-state index in [4.69, 9.17) is 0 Å². The molecule has 0 saturated carbocycles. The fourth-order valence-electron chi connectivity index (χ4n) is 1.47. The summed E-state index contributed by atoms with van der Waals surface area (Å²) in [7, 11) is 1.98. The van der Waals surface area contributed by atoms with Crippen molar-refractivity contribution in [3.63, 3.8) is 0 Å². The van der Waals surface area contributed by atoms with Crippen LogP contribution in [0.4, 0.5) is 0 Å². The molecular formula is C13H19N3O2. The first kappa shape index (κ1) is 14.3. The maximum absolute atomic E-state index is 11.9. The number of Topliss-reactive ketones (excluding diaryl/α,β-unsaturated/α-hetero) is 1. The summed E-state index contributed by atoms with van der Waals surface area (Å²) in [6.07, 6.45) is 1.51. The molecule has 1 amide bonds. The van der Waals surface area contributed by atoms with Crippen LogP contribution in [0.3, 0.4) is 0 Å². The molecule has 1 aromatic rings. The van der Waals surface area contributed by atoms with Crippen LogP contribution >= 0.6 is 0 Å². The van der Waals surface area contributed by atoms with Crippen molar-refractivity contribution in [2.75, 3.05) is 26.7 Å². The number of nitrogens with zero attached hydrogens (tertiary/aromatic N) is 2. The lowest BCUT2D eigenvalue weighted by atomic mass is 10.1. The highest BCUT2D eigenvalue weighted by atomic mass is 16.2. The highest BCUT2D eigenvalue weighted by molar-refractivity contribution is 6.05. The van der Waals surface area contributed by atoms with Gasteiger partial charge in [0.1, 0.15) is 5.69 Å². The normalized spacial score (nSPS) is 10.4. The summed E-state index contributed by atoms with van der Waals surface area (Å²) in [6, 6.07) is 3.26. The van der Waals surface area contributed by atoms with Crippen molar-refractivity contribution in [1.29, 1.82) is 0 Å². The maximum Gasteiger partial charge on any atom is 0.270 e. The zero-order valence-electron chi connectivity index (χ0n) is 11.1. The third kappa shape index (κ3) is 3.92. The Kier molecular flexibility index (Phi) is 5.45. The molecule has 0 saturated heterocycles. The highest BCUT2D eigenvalue weighted by Crippen LogP contribution is 2.05. The second-order valence-corrected chi connectivity index (χ2v) is 4.11. The summed E-state index contributed by atoms with van der Waals surface area (Å²) in [5.74, 6) is -0.454. The SMILES string of the molecule is CCN(C)CCNC(=O)c1ncccc1C(C)=O. The van der Waals surface area contributed by atoms with Crippen LogP contribution in [0.25, 0.3) is 0 Å². The van der Waals surface area contributed by atoms with Crippen LogP contribution in [0.15, 0.2) is 18.3 Å². The number of carbonyl (C=O) groups is 2. The Labute approximate surface area is 107 Å². The molecule has 1 N–H and O–H groups in total. The number of ketones is 1. The Hall–Kier alpha value is -1.75. The van der Waals surface area contributed by atoms with Crippen LogP contribution in [-0.2, 0) is 0 Å². The molecule has 18 heavy (non-hydrogen) atoms. The molecule has 0 aromatic carbocycles. The first-order valence-electron chi connectivity index (χ1n) is 5.99. The second kappa shape index (κ2) is 6.86. The average molecular weight is 249 g/mol. The van der Waals surface area contributed by atoms with Gasteiger partial charge in [-0.15, -0.1) is 0 Å². The van der Waals surface area contributed by atoms with Gasteiger partial charge in [-0.05, 0) is 32.6 Å². The van der Waals surface area contributed by atoms with Crippen molar-refractivity contribution < 1.29 is 9.59 Å². The van der Waals surface area contributed by atoms with Gasteiger partial charge in [0.25, 0.3) is 5.91 Å². The molecule has 5 nitrogen and oxygen atoms in total. The van der Waals surface area contributed by atoms with E-state index < -0.39 is 0 Å². The van der Waals surface area contributed by atoms with Gasteiger partial charge in [-0.2, -0.15) is 0 Å². The molecule has 5 heteroatoms. The van der Waals surface area contributed by atoms with E-state index in [9.17, 15) is 9.59 Å². The third-order valence-electron chi connectivity index (χ3n) is 2.72. The fraction of sp³-hybridized carbons (Fsp3) is 0.462. The minimum absolute atomic E-state index is 0.154. The zero-order chi connectivity index (χ0) is 13.5. The van der Waals surface area contributed by atoms with Crippen molar-refractivity contribution in [2.24, 2.45) is 0 Å². The number of hydrogen-bond acceptors (Lipinski definition) is 4. The smallest absolute Gasteiger partial charge is 0.270 e. The van der Waals surface area contributed by atoms with Gasteiger partial charge in [-0.3, -0.25) is 14.6 Å². The summed E-state index contributed by atoms with van der Waals surface area (Å²) in [5, 5.41) is 2.76. The van der Waals surface area contributed by atoms with Gasteiger partial charge in [0, 0.05) is 24.8 Å². The van der Waals surface area contributed by atoms with E-state index in [0.717, 1.165) is 13.1 Å². The summed E-state index contributed by atoms with van der Waals surface area (Å²) >= 11 is 0. The minimum Gasteiger partial charge on any atom is -0.349 e. The molecule has 0 aliphatic carbocycles. The fourth-order valence-corrected chi connectivity index (χ4v) is 1.47. The molecule has 0 atom stereocenters. The molecule has 1 rings (SSSR count). The molecule has 0 aliphatic rings. The first-order valence-corrected chi connectivity index (χ1v) is 5.99. The van der Waals surface area contributed by atoms with E-state index in [1.807, 2.05) is 7.05 Å². The van der Waals surface area contributed by atoms with E-state index in [1.54, 1.807) is 12.1 Å². The quantitative estimate of drug-likeness (QED) is 0.763. The number of likely N-dealkylation sites (N-methyl/N-ethyl adjacent to an activating group) is 1. The van der Waals surface area contributed by atoms with Gasteiger partial charge >= 0.3 is 0 Å². The summed E-state index contributed by atoms with van der Waals surface area (Å²) < 4.78 is 0. The van der Waals surface area contributed by atoms with E-state index >= 15 is 0 Å². The molecule has 0 unspecified atom stereocenters. The van der Waals surface area contributed by atoms with E-state index in [1.165, 1.54) is 13.1 Å². The number of amides is 1. The minimum atomic E-state index is -0.301. The molecule has 1 aromatic heterocycles. The van der Waals surface area contributed by atoms with Gasteiger partial charge in [0.2, 0.25) is 0 Å². The Morgan fingerprint density at radius 1 is 1.44 bits per heavy atom. The number of carbonyl (C=O) groups excluding carboxylic acids is 2. The van der Waals surface area contributed by atoms with Crippen molar-refractivity contribution in [2.45, 2.75) is 13.8 Å². The predicted molar refractivity (Wildman–Crippen MR) is 69.7 cm³/mol. The first-order chi connectivity index (χ1) is 8.56. The molecule has 0 fully saturated rings. The van der Waals surface area contributed by atoms with Crippen molar-refractivity contribution >= 4 is 11.7 Å². The lowest BCUT2D eigenvalue weighted by molar-refractivity contribution is 0.0930. The molecule has 0 aliphatic heterocycles. The van der Waals surface area contributed by atoms with Gasteiger partial charge in [-0.1, -0.05) is 6.92 Å².